The molecule has 1 amide bonds. The maximum absolute atomic E-state index is 12.1. The number of H-pyrrole nitrogens is 1. The van der Waals surface area contributed by atoms with Crippen molar-refractivity contribution >= 4 is 17.7 Å². The molecular weight excluding hydrogens is 328 g/mol. The molecule has 1 saturated carbocycles. The molecule has 0 bridgehead atoms. The lowest BCUT2D eigenvalue weighted by Gasteiger charge is -2.14. The van der Waals surface area contributed by atoms with Gasteiger partial charge in [0.05, 0.1) is 11.8 Å². The van der Waals surface area contributed by atoms with Crippen molar-refractivity contribution in [1.29, 1.82) is 0 Å². The Morgan fingerprint density at radius 1 is 1.42 bits per heavy atom. The van der Waals surface area contributed by atoms with Crippen molar-refractivity contribution < 1.29 is 14.3 Å². The van der Waals surface area contributed by atoms with E-state index in [2.05, 4.69) is 20.5 Å². The van der Waals surface area contributed by atoms with Crippen LogP contribution < -0.4 is 14.8 Å². The molecule has 0 spiro atoms. The van der Waals surface area contributed by atoms with Crippen LogP contribution in [0, 0.1) is 0 Å². The number of hydrogen-bond donors (Lipinski definition) is 2. The molecule has 1 aromatic heterocycles. The van der Waals surface area contributed by atoms with Crippen LogP contribution in [0.5, 0.6) is 11.5 Å². The lowest BCUT2D eigenvalue weighted by Crippen LogP contribution is -2.28. The van der Waals surface area contributed by atoms with Gasteiger partial charge < -0.3 is 14.8 Å². The van der Waals surface area contributed by atoms with Crippen LogP contribution in [0.4, 0.5) is 0 Å². The van der Waals surface area contributed by atoms with Gasteiger partial charge in [-0.1, -0.05) is 17.8 Å². The van der Waals surface area contributed by atoms with E-state index in [1.54, 1.807) is 0 Å². The van der Waals surface area contributed by atoms with Crippen LogP contribution in [0.3, 0.4) is 0 Å². The Kier molecular flexibility index (Phi) is 4.05. The number of nitrogens with one attached hydrogen (secondary N) is 2. The zero-order valence-corrected chi connectivity index (χ0v) is 14.1. The topological polar surface area (TPSA) is 89.1 Å². The van der Waals surface area contributed by atoms with Gasteiger partial charge in [-0.2, -0.15) is 0 Å². The van der Waals surface area contributed by atoms with Crippen molar-refractivity contribution in [2.75, 3.05) is 12.5 Å². The zero-order chi connectivity index (χ0) is 16.5. The van der Waals surface area contributed by atoms with Crippen molar-refractivity contribution in [2.24, 2.45) is 0 Å². The van der Waals surface area contributed by atoms with Crippen LogP contribution in [-0.2, 0) is 4.79 Å². The van der Waals surface area contributed by atoms with Gasteiger partial charge in [0.2, 0.25) is 17.9 Å². The summed E-state index contributed by atoms with van der Waals surface area (Å²) in [6, 6.07) is 5.59. The van der Waals surface area contributed by atoms with Gasteiger partial charge in [-0.3, -0.25) is 9.89 Å². The molecule has 24 heavy (non-hydrogen) atoms. The van der Waals surface area contributed by atoms with Crippen LogP contribution in [0.15, 0.2) is 23.4 Å². The minimum atomic E-state index is -0.109. The number of fused-ring (bicyclic) bond motifs is 1. The van der Waals surface area contributed by atoms with Crippen LogP contribution in [0.25, 0.3) is 0 Å². The summed E-state index contributed by atoms with van der Waals surface area (Å²) in [6.07, 6.45) is 2.35. The largest absolute Gasteiger partial charge is 0.454 e. The number of rotatable bonds is 6. The zero-order valence-electron chi connectivity index (χ0n) is 13.2. The Balaban J connectivity index is 1.30. The number of amides is 1. The molecule has 4 rings (SSSR count). The molecule has 2 aromatic rings. The number of carbonyl (C=O) groups is 1. The van der Waals surface area contributed by atoms with E-state index in [0.29, 0.717) is 11.1 Å². The second-order valence-electron chi connectivity index (χ2n) is 5.97. The van der Waals surface area contributed by atoms with Gasteiger partial charge in [-0.25, -0.2) is 4.98 Å². The molecule has 126 valence electrons. The molecule has 1 atom stereocenters. The van der Waals surface area contributed by atoms with Crippen molar-refractivity contribution in [1.82, 2.24) is 20.5 Å². The number of aromatic nitrogens is 3. The number of thioether (sulfide) groups is 1. The highest BCUT2D eigenvalue weighted by Gasteiger charge is 2.27. The van der Waals surface area contributed by atoms with Crippen molar-refractivity contribution in [3.8, 4) is 11.5 Å². The van der Waals surface area contributed by atoms with Crippen LogP contribution >= 0.6 is 11.8 Å². The molecule has 8 heteroatoms. The average Bonchev–Trinajstić information content (AvgIpc) is 3.14. The van der Waals surface area contributed by atoms with E-state index in [1.807, 2.05) is 25.1 Å². The summed E-state index contributed by atoms with van der Waals surface area (Å²) in [6.45, 7) is 2.19. The number of ether oxygens (including phenoxy) is 2. The van der Waals surface area contributed by atoms with E-state index in [-0.39, 0.29) is 24.5 Å². The van der Waals surface area contributed by atoms with E-state index in [1.165, 1.54) is 24.6 Å². The Labute approximate surface area is 143 Å². The lowest BCUT2D eigenvalue weighted by atomic mass is 10.1. The van der Waals surface area contributed by atoms with Crippen LogP contribution in [0.1, 0.15) is 43.1 Å². The van der Waals surface area contributed by atoms with Crippen molar-refractivity contribution in [3.63, 3.8) is 0 Å². The van der Waals surface area contributed by atoms with Gasteiger partial charge >= 0.3 is 0 Å². The summed E-state index contributed by atoms with van der Waals surface area (Å²) in [4.78, 5) is 16.5. The fourth-order valence-corrected chi connectivity index (χ4v) is 3.16. The lowest BCUT2D eigenvalue weighted by molar-refractivity contribution is -0.119. The highest BCUT2D eigenvalue weighted by atomic mass is 32.2. The van der Waals surface area contributed by atoms with Gasteiger partial charge in [-0.05, 0) is 37.5 Å². The number of carbonyl (C=O) groups excluding carboxylic acids is 1. The van der Waals surface area contributed by atoms with E-state index in [4.69, 9.17) is 9.47 Å². The monoisotopic (exact) mass is 346 g/mol. The quantitative estimate of drug-likeness (QED) is 0.781. The first-order valence-electron chi connectivity index (χ1n) is 7.93. The molecule has 1 aliphatic heterocycles. The molecular formula is C16H18N4O3S. The molecule has 1 aromatic carbocycles. The van der Waals surface area contributed by atoms with Gasteiger partial charge in [0.25, 0.3) is 0 Å². The molecule has 1 aliphatic carbocycles. The Morgan fingerprint density at radius 2 is 2.25 bits per heavy atom. The standard InChI is InChI=1S/C16H18N4O3S/c1-9(11-4-5-12-13(6-11)23-8-22-12)17-14(21)7-24-16-18-15(19-20-16)10-2-3-10/h4-6,9-10H,2-3,7-8H2,1H3,(H,17,21)(H,18,19,20). The van der Waals surface area contributed by atoms with Gasteiger partial charge in [-0.15, -0.1) is 5.10 Å². The summed E-state index contributed by atoms with van der Waals surface area (Å²) in [5.74, 6) is 3.16. The molecule has 0 radical (unpaired) electrons. The molecule has 2 aliphatic rings. The second kappa shape index (κ2) is 6.35. The first-order valence-corrected chi connectivity index (χ1v) is 8.91. The Bertz CT molecular complexity index is 760. The number of hydrogen-bond acceptors (Lipinski definition) is 6. The number of aromatic amines is 1. The first-order chi connectivity index (χ1) is 11.7. The molecule has 7 nitrogen and oxygen atoms in total. The SMILES string of the molecule is CC(NC(=O)CSc1n[nH]c(C2CC2)n1)c1ccc2c(c1)OCO2. The fraction of sp³-hybridized carbons (Fsp3) is 0.438. The van der Waals surface area contributed by atoms with Crippen LogP contribution in [0.2, 0.25) is 0 Å². The molecule has 2 N–H and O–H groups in total. The minimum Gasteiger partial charge on any atom is -0.454 e. The number of benzene rings is 1. The maximum Gasteiger partial charge on any atom is 0.231 e. The van der Waals surface area contributed by atoms with Crippen molar-refractivity contribution in [2.45, 2.75) is 36.9 Å². The smallest absolute Gasteiger partial charge is 0.231 e. The first kappa shape index (κ1) is 15.3. The Hall–Kier alpha value is -2.22. The predicted octanol–water partition coefficient (Wildman–Crippen LogP) is 2.38. The normalized spacial score (nSPS) is 16.9. The van der Waals surface area contributed by atoms with Gasteiger partial charge in [0.1, 0.15) is 5.82 Å². The maximum atomic E-state index is 12.1. The third kappa shape index (κ3) is 3.33. The number of nitrogens with zero attached hydrogens (tertiary/aromatic N) is 2. The highest BCUT2D eigenvalue weighted by Crippen LogP contribution is 2.38. The third-order valence-electron chi connectivity index (χ3n) is 4.05. The predicted molar refractivity (Wildman–Crippen MR) is 88.2 cm³/mol. The molecule has 0 saturated heterocycles. The van der Waals surface area contributed by atoms with E-state index in [0.717, 1.165) is 22.9 Å². The molecule has 1 unspecified atom stereocenters. The Morgan fingerprint density at radius 3 is 3.08 bits per heavy atom. The van der Waals surface area contributed by atoms with Crippen molar-refractivity contribution in [3.05, 3.63) is 29.6 Å². The van der Waals surface area contributed by atoms with Gasteiger partial charge in [0.15, 0.2) is 11.5 Å². The second-order valence-corrected chi connectivity index (χ2v) is 6.91. The summed E-state index contributed by atoms with van der Waals surface area (Å²) < 4.78 is 10.7. The summed E-state index contributed by atoms with van der Waals surface area (Å²) in [5.41, 5.74) is 0.978. The fourth-order valence-electron chi connectivity index (χ4n) is 2.54. The van der Waals surface area contributed by atoms with E-state index >= 15 is 0 Å². The third-order valence-corrected chi connectivity index (χ3v) is 4.90. The highest BCUT2D eigenvalue weighted by molar-refractivity contribution is 7.99. The molecule has 2 heterocycles. The van der Waals surface area contributed by atoms with E-state index in [9.17, 15) is 4.79 Å². The van der Waals surface area contributed by atoms with Crippen LogP contribution in [-0.4, -0.2) is 33.6 Å². The summed E-state index contributed by atoms with van der Waals surface area (Å²) >= 11 is 1.34. The summed E-state index contributed by atoms with van der Waals surface area (Å²) in [5, 5.41) is 10.7. The minimum absolute atomic E-state index is 0.0528. The average molecular weight is 346 g/mol. The van der Waals surface area contributed by atoms with Gasteiger partial charge in [0, 0.05) is 5.92 Å². The van der Waals surface area contributed by atoms with E-state index < -0.39 is 0 Å². The summed E-state index contributed by atoms with van der Waals surface area (Å²) in [7, 11) is 0. The molecule has 1 fully saturated rings.